The fraction of sp³-hybridized carbons (Fsp3) is 0.143. The lowest BCUT2D eigenvalue weighted by Crippen LogP contribution is -1.94. The molecule has 3 rings (SSSR count). The first-order chi connectivity index (χ1) is 9.67. The molecule has 0 atom stereocenters. The second kappa shape index (κ2) is 5.15. The number of nitrogens with one attached hydrogen (secondary N) is 1. The topological polar surface area (TPSA) is 87.8 Å². The van der Waals surface area contributed by atoms with E-state index in [9.17, 15) is 0 Å². The van der Waals surface area contributed by atoms with E-state index < -0.39 is 0 Å². The molecule has 0 fully saturated rings. The van der Waals surface area contributed by atoms with Crippen LogP contribution < -0.4 is 5.73 Å². The van der Waals surface area contributed by atoms with Crippen molar-refractivity contribution in [1.82, 2.24) is 15.0 Å². The molecule has 0 aliphatic heterocycles. The maximum absolute atomic E-state index is 9.15. The molecule has 3 aromatic rings. The Hall–Kier alpha value is -2.05. The minimum absolute atomic E-state index is 0.0252. The standard InChI is InChI=1S/C14H14N4OS/c1-8-12(4-5-16-13(8)15)20-14-17-10-3-2-9(7-19)6-11(10)18-14/h2-6,19H,7H2,1H3,(H2,15,16)(H,17,18). The number of nitrogens with zero attached hydrogens (tertiary/aromatic N) is 2. The minimum atomic E-state index is 0.0252. The SMILES string of the molecule is Cc1c(Sc2nc3ccc(CO)cc3[nH]2)ccnc1N. The van der Waals surface area contributed by atoms with Crippen molar-refractivity contribution in [3.05, 3.63) is 41.6 Å². The van der Waals surface area contributed by atoms with Gasteiger partial charge in [0.25, 0.3) is 0 Å². The Morgan fingerprint density at radius 2 is 2.20 bits per heavy atom. The highest BCUT2D eigenvalue weighted by molar-refractivity contribution is 7.99. The van der Waals surface area contributed by atoms with E-state index in [4.69, 9.17) is 10.8 Å². The van der Waals surface area contributed by atoms with Crippen LogP contribution in [0.2, 0.25) is 0 Å². The third kappa shape index (κ3) is 2.35. The summed E-state index contributed by atoms with van der Waals surface area (Å²) in [6, 6.07) is 7.59. The normalized spacial score (nSPS) is 11.1. The highest BCUT2D eigenvalue weighted by atomic mass is 32.2. The number of anilines is 1. The number of nitrogen functional groups attached to an aromatic ring is 1. The molecular weight excluding hydrogens is 272 g/mol. The zero-order valence-corrected chi connectivity index (χ0v) is 11.7. The maximum Gasteiger partial charge on any atom is 0.171 e. The van der Waals surface area contributed by atoms with Crippen molar-refractivity contribution in [2.75, 3.05) is 5.73 Å². The smallest absolute Gasteiger partial charge is 0.171 e. The highest BCUT2D eigenvalue weighted by Crippen LogP contribution is 2.31. The summed E-state index contributed by atoms with van der Waals surface area (Å²) in [6.07, 6.45) is 1.69. The van der Waals surface area contributed by atoms with Crippen LogP contribution in [0.5, 0.6) is 0 Å². The molecule has 2 aromatic heterocycles. The number of H-pyrrole nitrogens is 1. The molecule has 0 saturated heterocycles. The molecule has 0 bridgehead atoms. The number of rotatable bonds is 3. The van der Waals surface area contributed by atoms with Gasteiger partial charge in [-0.05, 0) is 30.7 Å². The molecule has 0 amide bonds. The summed E-state index contributed by atoms with van der Waals surface area (Å²) in [5.74, 6) is 0.536. The van der Waals surface area contributed by atoms with E-state index in [1.54, 1.807) is 6.20 Å². The van der Waals surface area contributed by atoms with Crippen molar-refractivity contribution in [1.29, 1.82) is 0 Å². The summed E-state index contributed by atoms with van der Waals surface area (Å²) in [4.78, 5) is 12.8. The number of imidazole rings is 1. The molecule has 1 aromatic carbocycles. The average molecular weight is 286 g/mol. The molecule has 0 spiro atoms. The van der Waals surface area contributed by atoms with Crippen LogP contribution >= 0.6 is 11.8 Å². The van der Waals surface area contributed by atoms with Crippen LogP contribution in [0.1, 0.15) is 11.1 Å². The van der Waals surface area contributed by atoms with Gasteiger partial charge in [-0.1, -0.05) is 17.8 Å². The number of aromatic amines is 1. The monoisotopic (exact) mass is 286 g/mol. The summed E-state index contributed by atoms with van der Waals surface area (Å²) >= 11 is 1.52. The second-order valence-electron chi connectivity index (χ2n) is 4.47. The Labute approximate surface area is 120 Å². The third-order valence-electron chi connectivity index (χ3n) is 3.11. The molecule has 0 saturated carbocycles. The van der Waals surface area contributed by atoms with Gasteiger partial charge in [0.2, 0.25) is 0 Å². The van der Waals surface area contributed by atoms with E-state index in [-0.39, 0.29) is 6.61 Å². The number of fused-ring (bicyclic) bond motifs is 1. The van der Waals surface area contributed by atoms with E-state index in [2.05, 4.69) is 15.0 Å². The van der Waals surface area contributed by atoms with Crippen molar-refractivity contribution in [3.8, 4) is 0 Å². The van der Waals surface area contributed by atoms with Gasteiger partial charge in [0, 0.05) is 16.7 Å². The van der Waals surface area contributed by atoms with Crippen LogP contribution in [-0.4, -0.2) is 20.1 Å². The maximum atomic E-state index is 9.15. The van der Waals surface area contributed by atoms with Gasteiger partial charge >= 0.3 is 0 Å². The van der Waals surface area contributed by atoms with Crippen molar-refractivity contribution >= 4 is 28.6 Å². The zero-order chi connectivity index (χ0) is 14.1. The lowest BCUT2D eigenvalue weighted by Gasteiger charge is -2.04. The number of aliphatic hydroxyl groups is 1. The Balaban J connectivity index is 1.96. The molecule has 6 heteroatoms. The summed E-state index contributed by atoms with van der Waals surface area (Å²) in [7, 11) is 0. The number of benzene rings is 1. The van der Waals surface area contributed by atoms with Gasteiger partial charge in [-0.25, -0.2) is 9.97 Å². The number of pyridine rings is 1. The first kappa shape index (κ1) is 13.0. The van der Waals surface area contributed by atoms with E-state index in [0.717, 1.165) is 32.2 Å². The molecular formula is C14H14N4OS. The molecule has 0 aliphatic carbocycles. The van der Waals surface area contributed by atoms with Crippen LogP contribution in [0.3, 0.4) is 0 Å². The van der Waals surface area contributed by atoms with Crippen molar-refractivity contribution < 1.29 is 5.11 Å². The third-order valence-corrected chi connectivity index (χ3v) is 4.16. The van der Waals surface area contributed by atoms with Gasteiger partial charge in [-0.3, -0.25) is 0 Å². The molecule has 4 N–H and O–H groups in total. The number of hydrogen-bond acceptors (Lipinski definition) is 5. The predicted octanol–water partition coefficient (Wildman–Crippen LogP) is 2.49. The molecule has 0 aliphatic rings. The Kier molecular flexibility index (Phi) is 3.33. The van der Waals surface area contributed by atoms with Gasteiger partial charge in [-0.2, -0.15) is 0 Å². The van der Waals surface area contributed by atoms with Crippen LogP contribution in [0, 0.1) is 6.92 Å². The number of nitrogens with two attached hydrogens (primary N) is 1. The summed E-state index contributed by atoms with van der Waals surface area (Å²) in [6.45, 7) is 1.97. The lowest BCUT2D eigenvalue weighted by atomic mass is 10.2. The average Bonchev–Trinajstić information content (AvgIpc) is 2.85. The second-order valence-corrected chi connectivity index (χ2v) is 5.50. The highest BCUT2D eigenvalue weighted by Gasteiger charge is 2.08. The van der Waals surface area contributed by atoms with E-state index >= 15 is 0 Å². The van der Waals surface area contributed by atoms with Crippen molar-refractivity contribution in [2.45, 2.75) is 23.6 Å². The first-order valence-electron chi connectivity index (χ1n) is 6.16. The van der Waals surface area contributed by atoms with Gasteiger partial charge in [0.05, 0.1) is 17.6 Å². The number of aliphatic hydroxyl groups excluding tert-OH is 1. The van der Waals surface area contributed by atoms with Crippen LogP contribution in [0.4, 0.5) is 5.82 Å². The molecule has 5 nitrogen and oxygen atoms in total. The predicted molar refractivity (Wildman–Crippen MR) is 79.5 cm³/mol. The van der Waals surface area contributed by atoms with Gasteiger partial charge in [0.15, 0.2) is 5.16 Å². The summed E-state index contributed by atoms with van der Waals surface area (Å²) in [5, 5.41) is 9.94. The zero-order valence-electron chi connectivity index (χ0n) is 10.9. The van der Waals surface area contributed by atoms with Crippen molar-refractivity contribution in [3.63, 3.8) is 0 Å². The van der Waals surface area contributed by atoms with E-state index in [0.29, 0.717) is 5.82 Å². The van der Waals surface area contributed by atoms with Crippen molar-refractivity contribution in [2.24, 2.45) is 0 Å². The van der Waals surface area contributed by atoms with Crippen LogP contribution in [0.15, 0.2) is 40.5 Å². The number of aromatic nitrogens is 3. The quantitative estimate of drug-likeness (QED) is 0.688. The van der Waals surface area contributed by atoms with Crippen LogP contribution in [-0.2, 0) is 6.61 Å². The molecule has 2 heterocycles. The molecule has 0 unspecified atom stereocenters. The minimum Gasteiger partial charge on any atom is -0.392 e. The van der Waals surface area contributed by atoms with E-state index in [1.807, 2.05) is 31.2 Å². The van der Waals surface area contributed by atoms with Gasteiger partial charge < -0.3 is 15.8 Å². The summed E-state index contributed by atoms with van der Waals surface area (Å²) in [5.41, 5.74) is 9.41. The summed E-state index contributed by atoms with van der Waals surface area (Å²) < 4.78 is 0. The largest absolute Gasteiger partial charge is 0.392 e. The number of hydrogen-bond donors (Lipinski definition) is 3. The first-order valence-corrected chi connectivity index (χ1v) is 6.97. The van der Waals surface area contributed by atoms with Gasteiger partial charge in [0.1, 0.15) is 5.82 Å². The Bertz CT molecular complexity index is 769. The lowest BCUT2D eigenvalue weighted by molar-refractivity contribution is 0.282. The molecule has 0 radical (unpaired) electrons. The Morgan fingerprint density at radius 1 is 1.35 bits per heavy atom. The molecule has 20 heavy (non-hydrogen) atoms. The molecule has 102 valence electrons. The fourth-order valence-corrected chi connectivity index (χ4v) is 2.83. The van der Waals surface area contributed by atoms with Crippen LogP contribution in [0.25, 0.3) is 11.0 Å². The van der Waals surface area contributed by atoms with E-state index in [1.165, 1.54) is 11.8 Å². The Morgan fingerprint density at radius 3 is 3.00 bits per heavy atom. The van der Waals surface area contributed by atoms with Gasteiger partial charge in [-0.15, -0.1) is 0 Å². The fourth-order valence-electron chi connectivity index (χ4n) is 1.93.